The maximum absolute atomic E-state index is 12.6. The van der Waals surface area contributed by atoms with Gasteiger partial charge in [-0.2, -0.15) is 0 Å². The van der Waals surface area contributed by atoms with Gasteiger partial charge in [0.15, 0.2) is 0 Å². The van der Waals surface area contributed by atoms with E-state index in [2.05, 4.69) is 4.98 Å². The standard InChI is InChI=1S/C9H11ClF2N2O/c1-15-9-5(2-3-7(10)14-9)6(4-13)8(11)12/h2-3,6,8H,4,13H2,1H3. The van der Waals surface area contributed by atoms with Crippen molar-refractivity contribution in [2.45, 2.75) is 12.3 Å². The molecule has 0 saturated carbocycles. The van der Waals surface area contributed by atoms with Crippen molar-refractivity contribution in [1.29, 1.82) is 0 Å². The van der Waals surface area contributed by atoms with Crippen LogP contribution >= 0.6 is 11.6 Å². The molecule has 1 aromatic heterocycles. The van der Waals surface area contributed by atoms with Gasteiger partial charge in [-0.3, -0.25) is 0 Å². The van der Waals surface area contributed by atoms with Crippen molar-refractivity contribution in [2.75, 3.05) is 13.7 Å². The summed E-state index contributed by atoms with van der Waals surface area (Å²) in [5, 5.41) is 0.195. The molecule has 0 fully saturated rings. The molecule has 1 atom stereocenters. The summed E-state index contributed by atoms with van der Waals surface area (Å²) in [6.45, 7) is -0.169. The molecule has 0 aliphatic carbocycles. The summed E-state index contributed by atoms with van der Waals surface area (Å²) in [5.41, 5.74) is 5.55. The van der Waals surface area contributed by atoms with Crippen LogP contribution in [0.3, 0.4) is 0 Å². The lowest BCUT2D eigenvalue weighted by Gasteiger charge is -2.16. The SMILES string of the molecule is COc1nc(Cl)ccc1C(CN)C(F)F. The van der Waals surface area contributed by atoms with Gasteiger partial charge in [-0.15, -0.1) is 0 Å². The lowest BCUT2D eigenvalue weighted by molar-refractivity contribution is 0.115. The summed E-state index contributed by atoms with van der Waals surface area (Å²) in [6, 6.07) is 2.89. The van der Waals surface area contributed by atoms with E-state index in [1.54, 1.807) is 0 Å². The predicted octanol–water partition coefficient (Wildman–Crippen LogP) is 2.05. The molecule has 6 heteroatoms. The molecule has 15 heavy (non-hydrogen) atoms. The monoisotopic (exact) mass is 236 g/mol. The van der Waals surface area contributed by atoms with Gasteiger partial charge in [0.1, 0.15) is 5.15 Å². The van der Waals surface area contributed by atoms with Crippen molar-refractivity contribution in [3.05, 3.63) is 22.8 Å². The van der Waals surface area contributed by atoms with Gasteiger partial charge in [0.25, 0.3) is 0 Å². The van der Waals surface area contributed by atoms with Crippen LogP contribution in [0.2, 0.25) is 5.15 Å². The number of ether oxygens (including phenoxy) is 1. The van der Waals surface area contributed by atoms with Crippen molar-refractivity contribution in [3.63, 3.8) is 0 Å². The second-order valence-corrected chi connectivity index (χ2v) is 3.30. The van der Waals surface area contributed by atoms with Crippen LogP contribution in [0.25, 0.3) is 0 Å². The Labute approximate surface area is 91.2 Å². The summed E-state index contributed by atoms with van der Waals surface area (Å²) in [5.74, 6) is -0.983. The average molecular weight is 237 g/mol. The third-order valence-corrected chi connectivity index (χ3v) is 2.22. The molecule has 1 unspecified atom stereocenters. The molecule has 1 heterocycles. The van der Waals surface area contributed by atoms with E-state index in [4.69, 9.17) is 22.1 Å². The van der Waals surface area contributed by atoms with E-state index in [9.17, 15) is 8.78 Å². The molecule has 84 valence electrons. The van der Waals surface area contributed by atoms with Crippen LogP contribution in [0.4, 0.5) is 8.78 Å². The topological polar surface area (TPSA) is 48.1 Å². The van der Waals surface area contributed by atoms with Crippen LogP contribution in [0.5, 0.6) is 5.88 Å². The highest BCUT2D eigenvalue weighted by Crippen LogP contribution is 2.30. The van der Waals surface area contributed by atoms with E-state index in [0.29, 0.717) is 0 Å². The fourth-order valence-electron chi connectivity index (χ4n) is 1.24. The van der Waals surface area contributed by atoms with Gasteiger partial charge < -0.3 is 10.5 Å². The number of nitrogens with two attached hydrogens (primary N) is 1. The lowest BCUT2D eigenvalue weighted by atomic mass is 10.0. The third kappa shape index (κ3) is 2.76. The molecule has 1 rings (SSSR count). The van der Waals surface area contributed by atoms with Crippen molar-refractivity contribution in [2.24, 2.45) is 5.73 Å². The van der Waals surface area contributed by atoms with Gasteiger partial charge in [-0.25, -0.2) is 13.8 Å². The number of alkyl halides is 2. The molecular weight excluding hydrogens is 226 g/mol. The average Bonchev–Trinajstić information content (AvgIpc) is 2.20. The van der Waals surface area contributed by atoms with Crippen LogP contribution < -0.4 is 10.5 Å². The quantitative estimate of drug-likeness (QED) is 0.814. The van der Waals surface area contributed by atoms with Gasteiger partial charge in [-0.05, 0) is 6.07 Å². The second-order valence-electron chi connectivity index (χ2n) is 2.91. The predicted molar refractivity (Wildman–Crippen MR) is 53.6 cm³/mol. The van der Waals surface area contributed by atoms with Crippen molar-refractivity contribution in [3.8, 4) is 5.88 Å². The van der Waals surface area contributed by atoms with E-state index in [1.807, 2.05) is 0 Å². The highest BCUT2D eigenvalue weighted by molar-refractivity contribution is 6.29. The Balaban J connectivity index is 3.11. The minimum Gasteiger partial charge on any atom is -0.481 e. The van der Waals surface area contributed by atoms with E-state index in [-0.39, 0.29) is 23.1 Å². The minimum absolute atomic E-state index is 0.0956. The lowest BCUT2D eigenvalue weighted by Crippen LogP contribution is -2.20. The zero-order valence-electron chi connectivity index (χ0n) is 8.08. The molecule has 0 aromatic carbocycles. The Morgan fingerprint density at radius 1 is 1.53 bits per heavy atom. The van der Waals surface area contributed by atoms with Gasteiger partial charge >= 0.3 is 0 Å². The van der Waals surface area contributed by atoms with Crippen molar-refractivity contribution in [1.82, 2.24) is 4.98 Å². The molecule has 0 saturated heterocycles. The second kappa shape index (κ2) is 5.23. The Bertz CT molecular complexity index is 336. The van der Waals surface area contributed by atoms with Gasteiger partial charge in [0.05, 0.1) is 13.0 Å². The first kappa shape index (κ1) is 12.1. The largest absolute Gasteiger partial charge is 0.481 e. The number of rotatable bonds is 4. The van der Waals surface area contributed by atoms with Gasteiger partial charge in [0, 0.05) is 12.1 Å². The number of aromatic nitrogens is 1. The maximum Gasteiger partial charge on any atom is 0.246 e. The highest BCUT2D eigenvalue weighted by atomic mass is 35.5. The molecule has 0 aliphatic heterocycles. The molecule has 0 bridgehead atoms. The summed E-state index contributed by atoms with van der Waals surface area (Å²) in [6.07, 6.45) is -2.55. The smallest absolute Gasteiger partial charge is 0.246 e. The fraction of sp³-hybridized carbons (Fsp3) is 0.444. The maximum atomic E-state index is 12.6. The number of hydrogen-bond acceptors (Lipinski definition) is 3. The van der Waals surface area contributed by atoms with E-state index < -0.39 is 12.3 Å². The summed E-state index contributed by atoms with van der Waals surface area (Å²) >= 11 is 5.61. The molecule has 1 aromatic rings. The Morgan fingerprint density at radius 2 is 2.20 bits per heavy atom. The van der Waals surface area contributed by atoms with Crippen LogP contribution in [0, 0.1) is 0 Å². The third-order valence-electron chi connectivity index (χ3n) is 2.01. The number of nitrogens with zero attached hydrogens (tertiary/aromatic N) is 1. The van der Waals surface area contributed by atoms with Gasteiger partial charge in [-0.1, -0.05) is 17.7 Å². The molecule has 0 spiro atoms. The zero-order chi connectivity index (χ0) is 11.4. The first-order valence-electron chi connectivity index (χ1n) is 4.28. The molecular formula is C9H11ClF2N2O. The number of hydrogen-bond donors (Lipinski definition) is 1. The van der Waals surface area contributed by atoms with Crippen LogP contribution in [-0.2, 0) is 0 Å². The highest BCUT2D eigenvalue weighted by Gasteiger charge is 2.24. The number of pyridine rings is 1. The zero-order valence-corrected chi connectivity index (χ0v) is 8.84. The van der Waals surface area contributed by atoms with E-state index >= 15 is 0 Å². The van der Waals surface area contributed by atoms with Crippen molar-refractivity contribution < 1.29 is 13.5 Å². The fourth-order valence-corrected chi connectivity index (χ4v) is 1.38. The number of halogens is 3. The summed E-state index contributed by atoms with van der Waals surface area (Å²) in [7, 11) is 1.35. The van der Waals surface area contributed by atoms with Gasteiger partial charge in [0.2, 0.25) is 12.3 Å². The molecule has 0 radical (unpaired) electrons. The number of methoxy groups -OCH3 is 1. The van der Waals surface area contributed by atoms with Crippen LogP contribution in [-0.4, -0.2) is 25.1 Å². The Morgan fingerprint density at radius 3 is 2.67 bits per heavy atom. The minimum atomic E-state index is -2.55. The Hall–Kier alpha value is -0.940. The first-order chi connectivity index (χ1) is 7.10. The van der Waals surface area contributed by atoms with Crippen LogP contribution in [0.15, 0.2) is 12.1 Å². The first-order valence-corrected chi connectivity index (χ1v) is 4.66. The molecule has 2 N–H and O–H groups in total. The molecule has 0 aliphatic rings. The normalized spacial score (nSPS) is 12.9. The van der Waals surface area contributed by atoms with E-state index in [1.165, 1.54) is 19.2 Å². The molecule has 3 nitrogen and oxygen atoms in total. The summed E-state index contributed by atoms with van der Waals surface area (Å²) < 4.78 is 30.1. The van der Waals surface area contributed by atoms with Crippen molar-refractivity contribution >= 4 is 11.6 Å². The Kier molecular flexibility index (Phi) is 4.23. The van der Waals surface area contributed by atoms with E-state index in [0.717, 1.165) is 0 Å². The molecule has 0 amide bonds. The summed E-state index contributed by atoms with van der Waals surface area (Å²) in [4.78, 5) is 3.80. The van der Waals surface area contributed by atoms with Crippen LogP contribution in [0.1, 0.15) is 11.5 Å².